The molecule has 0 atom stereocenters. The van der Waals surface area contributed by atoms with Gasteiger partial charge in [-0.15, -0.1) is 0 Å². The average molecular weight is 202 g/mol. The summed E-state index contributed by atoms with van der Waals surface area (Å²) in [4.78, 5) is 0. The molecule has 0 fully saturated rings. The predicted octanol–water partition coefficient (Wildman–Crippen LogP) is 4.04. The number of fused-ring (bicyclic) bond motifs is 3. The van der Waals surface area contributed by atoms with Crippen LogP contribution in [0.25, 0.3) is 21.9 Å². The van der Waals surface area contributed by atoms with Crippen LogP contribution < -0.4 is 0 Å². The minimum Gasteiger partial charge on any atom is -0.456 e. The van der Waals surface area contributed by atoms with Gasteiger partial charge in [-0.25, -0.2) is 0 Å². The summed E-state index contributed by atoms with van der Waals surface area (Å²) in [6.07, 6.45) is 0. The van der Waals surface area contributed by atoms with Gasteiger partial charge in [-0.1, -0.05) is 17.7 Å². The van der Waals surface area contributed by atoms with Gasteiger partial charge in [0.15, 0.2) is 0 Å². The molecule has 0 aliphatic rings. The lowest BCUT2D eigenvalue weighted by molar-refractivity contribution is 0.669. The van der Waals surface area contributed by atoms with Crippen molar-refractivity contribution in [2.24, 2.45) is 0 Å². The largest absolute Gasteiger partial charge is 0.456 e. The summed E-state index contributed by atoms with van der Waals surface area (Å²) in [5, 5.41) is 2.83. The van der Waals surface area contributed by atoms with E-state index in [0.29, 0.717) is 0 Å². The lowest BCUT2D eigenvalue weighted by atomic mass is 10.2. The second-order valence-electron chi connectivity index (χ2n) is 3.16. The zero-order valence-corrected chi connectivity index (χ0v) is 8.01. The van der Waals surface area contributed by atoms with Crippen LogP contribution in [-0.2, 0) is 0 Å². The molecule has 0 unspecified atom stereocenters. The minimum absolute atomic E-state index is 0.726. The summed E-state index contributed by atoms with van der Waals surface area (Å²) in [5.74, 6) is 0. The van der Waals surface area contributed by atoms with Crippen LogP contribution in [0.1, 0.15) is 0 Å². The van der Waals surface area contributed by atoms with Crippen molar-refractivity contribution in [3.8, 4) is 0 Å². The molecule has 0 aliphatic carbocycles. The summed E-state index contributed by atoms with van der Waals surface area (Å²) >= 11 is 5.92. The van der Waals surface area contributed by atoms with Gasteiger partial charge in [0.1, 0.15) is 11.2 Å². The number of hydrogen-bond donors (Lipinski definition) is 0. The Kier molecular flexibility index (Phi) is 1.55. The van der Waals surface area contributed by atoms with E-state index >= 15 is 0 Å². The van der Waals surface area contributed by atoms with Gasteiger partial charge >= 0.3 is 0 Å². The molecule has 14 heavy (non-hydrogen) atoms. The van der Waals surface area contributed by atoms with Crippen LogP contribution in [-0.4, -0.2) is 0 Å². The highest BCUT2D eigenvalue weighted by atomic mass is 35.5. The smallest absolute Gasteiger partial charge is 0.135 e. The first kappa shape index (κ1) is 7.89. The van der Waals surface area contributed by atoms with Crippen LogP contribution >= 0.6 is 11.6 Å². The van der Waals surface area contributed by atoms with E-state index in [-0.39, 0.29) is 0 Å². The number of benzene rings is 2. The lowest BCUT2D eigenvalue weighted by Gasteiger charge is -1.89. The van der Waals surface area contributed by atoms with Crippen molar-refractivity contribution < 1.29 is 4.42 Å². The fourth-order valence-corrected chi connectivity index (χ4v) is 1.81. The van der Waals surface area contributed by atoms with E-state index < -0.39 is 0 Å². The van der Waals surface area contributed by atoms with E-state index in [1.54, 1.807) is 0 Å². The maximum atomic E-state index is 5.92. The predicted molar refractivity (Wildman–Crippen MR) is 57.6 cm³/mol. The molecule has 2 aromatic carbocycles. The van der Waals surface area contributed by atoms with E-state index in [1.807, 2.05) is 36.4 Å². The Hall–Kier alpha value is -1.47. The molecule has 0 spiro atoms. The minimum atomic E-state index is 0.726. The summed E-state index contributed by atoms with van der Waals surface area (Å²) in [5.41, 5.74) is 1.74. The summed E-state index contributed by atoms with van der Waals surface area (Å²) in [6.45, 7) is 0. The van der Waals surface area contributed by atoms with Crippen molar-refractivity contribution in [3.05, 3.63) is 47.5 Å². The van der Waals surface area contributed by atoms with E-state index in [2.05, 4.69) is 6.07 Å². The van der Waals surface area contributed by atoms with Crippen LogP contribution in [0.15, 0.2) is 40.8 Å². The quantitative estimate of drug-likeness (QED) is 0.535. The van der Waals surface area contributed by atoms with Crippen LogP contribution in [0, 0.1) is 6.07 Å². The highest BCUT2D eigenvalue weighted by molar-refractivity contribution is 6.31. The zero-order chi connectivity index (χ0) is 9.54. The van der Waals surface area contributed by atoms with Crippen molar-refractivity contribution in [2.45, 2.75) is 0 Å². The second kappa shape index (κ2) is 2.76. The fourth-order valence-electron chi connectivity index (χ4n) is 1.64. The Balaban J connectivity index is 2.58. The number of hydrogen-bond acceptors (Lipinski definition) is 1. The Morgan fingerprint density at radius 1 is 1.07 bits per heavy atom. The number of halogens is 1. The number of furan rings is 1. The fraction of sp³-hybridized carbons (Fsp3) is 0. The molecule has 1 nitrogen and oxygen atoms in total. The summed E-state index contributed by atoms with van der Waals surface area (Å²) in [7, 11) is 0. The van der Waals surface area contributed by atoms with E-state index in [9.17, 15) is 0 Å². The monoisotopic (exact) mass is 201 g/mol. The Morgan fingerprint density at radius 2 is 1.93 bits per heavy atom. The molecule has 0 N–H and O–H groups in total. The van der Waals surface area contributed by atoms with Crippen LogP contribution in [0.5, 0.6) is 0 Å². The summed E-state index contributed by atoms with van der Waals surface area (Å²) < 4.78 is 5.63. The highest BCUT2D eigenvalue weighted by Gasteiger charge is 2.05. The lowest BCUT2D eigenvalue weighted by Crippen LogP contribution is -1.66. The van der Waals surface area contributed by atoms with Crippen molar-refractivity contribution >= 4 is 33.5 Å². The number of rotatable bonds is 0. The third kappa shape index (κ3) is 1.03. The second-order valence-corrected chi connectivity index (χ2v) is 3.60. The van der Waals surface area contributed by atoms with Crippen molar-refractivity contribution in [1.29, 1.82) is 0 Å². The third-order valence-electron chi connectivity index (χ3n) is 2.28. The average Bonchev–Trinajstić information content (AvgIpc) is 2.56. The molecule has 0 bridgehead atoms. The van der Waals surface area contributed by atoms with Gasteiger partial charge in [0.25, 0.3) is 0 Å². The molecule has 1 radical (unpaired) electrons. The Labute approximate surface area is 85.9 Å². The van der Waals surface area contributed by atoms with Gasteiger partial charge in [0, 0.05) is 15.8 Å². The SMILES string of the molecule is Clc1ccc2oc3cc[c]cc3c2c1. The van der Waals surface area contributed by atoms with Crippen LogP contribution in [0.2, 0.25) is 5.02 Å². The standard InChI is InChI=1S/C12H6ClO/c13-8-5-6-12-10(7-8)9-3-1-2-4-11(9)14-12/h2-7H. The zero-order valence-electron chi connectivity index (χ0n) is 7.25. The molecular weight excluding hydrogens is 196 g/mol. The van der Waals surface area contributed by atoms with Gasteiger partial charge in [-0.2, -0.15) is 0 Å². The van der Waals surface area contributed by atoms with Gasteiger partial charge in [-0.3, -0.25) is 0 Å². The molecule has 2 heteroatoms. The van der Waals surface area contributed by atoms with Gasteiger partial charge < -0.3 is 4.42 Å². The summed E-state index contributed by atoms with van der Waals surface area (Å²) in [6, 6.07) is 14.3. The molecular formula is C12H6ClO. The Bertz CT molecular complexity index is 610. The normalized spacial score (nSPS) is 11.2. The molecule has 0 saturated heterocycles. The molecule has 3 rings (SSSR count). The van der Waals surface area contributed by atoms with Crippen molar-refractivity contribution in [1.82, 2.24) is 0 Å². The van der Waals surface area contributed by atoms with Crippen LogP contribution in [0.4, 0.5) is 0 Å². The third-order valence-corrected chi connectivity index (χ3v) is 2.51. The van der Waals surface area contributed by atoms with E-state index in [1.165, 1.54) is 0 Å². The maximum absolute atomic E-state index is 5.92. The first-order chi connectivity index (χ1) is 6.84. The molecule has 1 heterocycles. The topological polar surface area (TPSA) is 13.1 Å². The molecule has 0 amide bonds. The first-order valence-electron chi connectivity index (χ1n) is 4.32. The van der Waals surface area contributed by atoms with Gasteiger partial charge in [-0.05, 0) is 36.4 Å². The molecule has 1 aromatic heterocycles. The van der Waals surface area contributed by atoms with Crippen molar-refractivity contribution in [2.75, 3.05) is 0 Å². The maximum Gasteiger partial charge on any atom is 0.135 e. The highest BCUT2D eigenvalue weighted by Crippen LogP contribution is 2.29. The van der Waals surface area contributed by atoms with Gasteiger partial charge in [0.05, 0.1) is 0 Å². The molecule has 0 aliphatic heterocycles. The Morgan fingerprint density at radius 3 is 2.86 bits per heavy atom. The van der Waals surface area contributed by atoms with Crippen LogP contribution in [0.3, 0.4) is 0 Å². The molecule has 3 aromatic rings. The van der Waals surface area contributed by atoms with Crippen molar-refractivity contribution in [3.63, 3.8) is 0 Å². The van der Waals surface area contributed by atoms with Gasteiger partial charge in [0.2, 0.25) is 0 Å². The first-order valence-corrected chi connectivity index (χ1v) is 4.70. The molecule has 0 saturated carbocycles. The van der Waals surface area contributed by atoms with E-state index in [4.69, 9.17) is 16.0 Å². The van der Waals surface area contributed by atoms with E-state index in [0.717, 1.165) is 27.0 Å². The molecule has 67 valence electrons.